The maximum Gasteiger partial charge on any atom is 0.258 e. The molecule has 0 fully saturated rings. The SMILES string of the molecule is CN(C)CC(O)Cn1ncc2cc(-n3ccc(OCc4ccccc4)cc3=O)ccc21.Cl. The molecule has 2 aromatic heterocycles. The molecule has 0 saturated heterocycles. The second kappa shape index (κ2) is 10.5. The van der Waals surface area contributed by atoms with Gasteiger partial charge in [-0.2, -0.15) is 5.10 Å². The summed E-state index contributed by atoms with van der Waals surface area (Å²) in [6.45, 7) is 1.39. The summed E-state index contributed by atoms with van der Waals surface area (Å²) in [6, 6.07) is 18.8. The van der Waals surface area contributed by atoms with E-state index in [9.17, 15) is 9.90 Å². The molecular formula is C24H27ClN4O3. The van der Waals surface area contributed by atoms with Crippen molar-refractivity contribution in [2.24, 2.45) is 0 Å². The fraction of sp³-hybridized carbons (Fsp3) is 0.250. The largest absolute Gasteiger partial charge is 0.489 e. The maximum absolute atomic E-state index is 12.7. The van der Waals surface area contributed by atoms with Crippen LogP contribution in [-0.4, -0.2) is 51.1 Å². The van der Waals surface area contributed by atoms with Gasteiger partial charge in [-0.15, -0.1) is 12.4 Å². The monoisotopic (exact) mass is 454 g/mol. The van der Waals surface area contributed by atoms with Crippen LogP contribution in [0.5, 0.6) is 5.75 Å². The van der Waals surface area contributed by atoms with Crippen LogP contribution in [0.2, 0.25) is 0 Å². The summed E-state index contributed by atoms with van der Waals surface area (Å²) < 4.78 is 9.11. The molecule has 0 saturated carbocycles. The van der Waals surface area contributed by atoms with Crippen LogP contribution < -0.4 is 10.3 Å². The van der Waals surface area contributed by atoms with Gasteiger partial charge in [0.15, 0.2) is 0 Å². The van der Waals surface area contributed by atoms with Gasteiger partial charge in [-0.1, -0.05) is 30.3 Å². The van der Waals surface area contributed by atoms with Crippen molar-refractivity contribution in [3.05, 3.63) is 89.0 Å². The lowest BCUT2D eigenvalue weighted by Gasteiger charge is -2.16. The Balaban J connectivity index is 0.00000289. The topological polar surface area (TPSA) is 72.5 Å². The Labute approximate surface area is 192 Å². The average Bonchev–Trinajstić information content (AvgIpc) is 3.14. The molecule has 4 rings (SSSR count). The van der Waals surface area contributed by atoms with Crippen molar-refractivity contribution < 1.29 is 9.84 Å². The van der Waals surface area contributed by atoms with Crippen LogP contribution in [-0.2, 0) is 13.2 Å². The number of hydrogen-bond donors (Lipinski definition) is 1. The molecule has 2 aromatic carbocycles. The summed E-state index contributed by atoms with van der Waals surface area (Å²) in [6.07, 6.45) is 2.96. The zero-order valence-electron chi connectivity index (χ0n) is 18.1. The molecule has 0 aliphatic heterocycles. The van der Waals surface area contributed by atoms with Gasteiger partial charge in [0.25, 0.3) is 5.56 Å². The van der Waals surface area contributed by atoms with Crippen LogP contribution in [0.15, 0.2) is 77.9 Å². The molecule has 7 nitrogen and oxygen atoms in total. The molecule has 8 heteroatoms. The Morgan fingerprint density at radius 2 is 1.88 bits per heavy atom. The standard InChI is InChI=1S/C24H26N4O3.ClH/c1-26(2)15-21(29)16-28-23-9-8-20(12-19(23)14-25-28)27-11-10-22(13-24(27)30)31-17-18-6-4-3-5-7-18;/h3-14,21,29H,15-17H2,1-2H3;1H. The zero-order chi connectivity index (χ0) is 21.8. The predicted octanol–water partition coefficient (Wildman–Crippen LogP) is 3.11. The van der Waals surface area contributed by atoms with Crippen LogP contribution >= 0.6 is 12.4 Å². The first-order valence-corrected chi connectivity index (χ1v) is 10.2. The van der Waals surface area contributed by atoms with Gasteiger partial charge in [-0.3, -0.25) is 14.0 Å². The third-order valence-electron chi connectivity index (χ3n) is 5.00. The summed E-state index contributed by atoms with van der Waals surface area (Å²) in [7, 11) is 3.85. The van der Waals surface area contributed by atoms with Crippen LogP contribution in [0.25, 0.3) is 16.6 Å². The minimum Gasteiger partial charge on any atom is -0.489 e. The lowest BCUT2D eigenvalue weighted by atomic mass is 10.2. The Kier molecular flexibility index (Phi) is 7.69. The number of pyridine rings is 1. The van der Waals surface area contributed by atoms with Gasteiger partial charge in [0, 0.05) is 29.9 Å². The number of nitrogens with zero attached hydrogens (tertiary/aromatic N) is 4. The van der Waals surface area contributed by atoms with Crippen LogP contribution in [0, 0.1) is 0 Å². The van der Waals surface area contributed by atoms with Crippen molar-refractivity contribution in [3.8, 4) is 11.4 Å². The van der Waals surface area contributed by atoms with Gasteiger partial charge < -0.3 is 14.7 Å². The number of benzene rings is 2. The molecule has 0 aliphatic carbocycles. The van der Waals surface area contributed by atoms with Crippen LogP contribution in [0.3, 0.4) is 0 Å². The normalized spacial score (nSPS) is 12.0. The molecule has 0 aliphatic rings. The highest BCUT2D eigenvalue weighted by Crippen LogP contribution is 2.19. The fourth-order valence-electron chi connectivity index (χ4n) is 3.55. The Morgan fingerprint density at radius 3 is 2.59 bits per heavy atom. The molecule has 2 heterocycles. The molecule has 1 atom stereocenters. The van der Waals surface area contributed by atoms with Crippen molar-refractivity contribution in [2.45, 2.75) is 19.3 Å². The van der Waals surface area contributed by atoms with Gasteiger partial charge in [-0.05, 0) is 43.9 Å². The van der Waals surface area contributed by atoms with E-state index in [0.29, 0.717) is 25.4 Å². The first kappa shape index (κ1) is 23.5. The van der Waals surface area contributed by atoms with Crippen LogP contribution in [0.1, 0.15) is 5.56 Å². The number of aliphatic hydroxyl groups excluding tert-OH is 1. The minimum absolute atomic E-state index is 0. The molecule has 1 N–H and O–H groups in total. The fourth-order valence-corrected chi connectivity index (χ4v) is 3.55. The van der Waals surface area contributed by atoms with Gasteiger partial charge in [-0.25, -0.2) is 0 Å². The first-order chi connectivity index (χ1) is 15.0. The molecular weight excluding hydrogens is 428 g/mol. The third-order valence-corrected chi connectivity index (χ3v) is 5.00. The summed E-state index contributed by atoms with van der Waals surface area (Å²) in [5.41, 5.74) is 2.54. The molecule has 1 unspecified atom stereocenters. The summed E-state index contributed by atoms with van der Waals surface area (Å²) in [4.78, 5) is 14.6. The highest BCUT2D eigenvalue weighted by molar-refractivity contribution is 5.85. The van der Waals surface area contributed by atoms with Crippen molar-refractivity contribution in [1.82, 2.24) is 19.2 Å². The van der Waals surface area contributed by atoms with Crippen molar-refractivity contribution in [3.63, 3.8) is 0 Å². The van der Waals surface area contributed by atoms with E-state index in [1.807, 2.05) is 67.5 Å². The average molecular weight is 455 g/mol. The van der Waals surface area contributed by atoms with E-state index in [4.69, 9.17) is 4.74 Å². The molecule has 32 heavy (non-hydrogen) atoms. The molecule has 0 radical (unpaired) electrons. The number of aromatic nitrogens is 3. The van der Waals surface area contributed by atoms with Crippen molar-refractivity contribution in [2.75, 3.05) is 20.6 Å². The van der Waals surface area contributed by atoms with E-state index in [1.165, 1.54) is 6.07 Å². The number of halogens is 1. The van der Waals surface area contributed by atoms with Gasteiger partial charge in [0.05, 0.1) is 24.4 Å². The van der Waals surface area contributed by atoms with Gasteiger partial charge >= 0.3 is 0 Å². The first-order valence-electron chi connectivity index (χ1n) is 10.2. The van der Waals surface area contributed by atoms with E-state index >= 15 is 0 Å². The number of hydrogen-bond acceptors (Lipinski definition) is 5. The molecule has 4 aromatic rings. The number of likely N-dealkylation sites (N-methyl/N-ethyl adjacent to an activating group) is 1. The van der Waals surface area contributed by atoms with E-state index < -0.39 is 6.10 Å². The minimum atomic E-state index is -0.510. The quantitative estimate of drug-likeness (QED) is 0.443. The van der Waals surface area contributed by atoms with E-state index in [2.05, 4.69) is 5.10 Å². The van der Waals surface area contributed by atoms with Crippen LogP contribution in [0.4, 0.5) is 0 Å². The maximum atomic E-state index is 12.7. The lowest BCUT2D eigenvalue weighted by Crippen LogP contribution is -2.29. The zero-order valence-corrected chi connectivity index (χ0v) is 18.9. The summed E-state index contributed by atoms with van der Waals surface area (Å²) in [5, 5.41) is 15.5. The Morgan fingerprint density at radius 1 is 1.09 bits per heavy atom. The second-order valence-electron chi connectivity index (χ2n) is 7.83. The number of fused-ring (bicyclic) bond motifs is 1. The third kappa shape index (κ3) is 5.56. The molecule has 0 spiro atoms. The highest BCUT2D eigenvalue weighted by atomic mass is 35.5. The predicted molar refractivity (Wildman–Crippen MR) is 128 cm³/mol. The number of aliphatic hydroxyl groups is 1. The number of rotatable bonds is 8. The van der Waals surface area contributed by atoms with Gasteiger partial charge in [0.2, 0.25) is 0 Å². The Bertz CT molecular complexity index is 1220. The Hall–Kier alpha value is -3.13. The summed E-state index contributed by atoms with van der Waals surface area (Å²) in [5.74, 6) is 0.536. The van der Waals surface area contributed by atoms with E-state index in [1.54, 1.807) is 27.7 Å². The molecule has 0 amide bonds. The lowest BCUT2D eigenvalue weighted by molar-refractivity contribution is 0.117. The molecule has 0 bridgehead atoms. The van der Waals surface area contributed by atoms with Crippen molar-refractivity contribution in [1.29, 1.82) is 0 Å². The summed E-state index contributed by atoms with van der Waals surface area (Å²) >= 11 is 0. The smallest absolute Gasteiger partial charge is 0.258 e. The van der Waals surface area contributed by atoms with Crippen molar-refractivity contribution >= 4 is 23.3 Å². The highest BCUT2D eigenvalue weighted by Gasteiger charge is 2.11. The number of ether oxygens (including phenoxy) is 1. The van der Waals surface area contributed by atoms with E-state index in [-0.39, 0.29) is 18.0 Å². The van der Waals surface area contributed by atoms with Gasteiger partial charge in [0.1, 0.15) is 12.4 Å². The van der Waals surface area contributed by atoms with E-state index in [0.717, 1.165) is 22.2 Å². The molecule has 168 valence electrons. The second-order valence-corrected chi connectivity index (χ2v) is 7.83.